The standard InChI is InChI=1S/C45H52N6O4/c1-2-39(34-6-4-3-5-7-34)44(36-10-14-38(52)15-11-36)35-8-12-37(13-9-35)50-24-20-32(21-25-50)19-23-49-26-28-51(29-27-49)41-30-33(18-22-46-41)31-43(54)47-40-16-17-42(53)48-45(40)55/h3-15,18,22,30,32,40,52H,2,16-17,19-21,23-29,31H2,1H3,(H,47,54)(H,48,53,55)/b44-39+. The van der Waals surface area contributed by atoms with Crippen LogP contribution in [0.2, 0.25) is 0 Å². The molecule has 3 saturated heterocycles. The largest absolute Gasteiger partial charge is 0.508 e. The van der Waals surface area contributed by atoms with Gasteiger partial charge in [-0.25, -0.2) is 4.98 Å². The Hall–Kier alpha value is -5.48. The van der Waals surface area contributed by atoms with Crippen LogP contribution in [-0.2, 0) is 20.8 Å². The summed E-state index contributed by atoms with van der Waals surface area (Å²) in [4.78, 5) is 48.1. The van der Waals surface area contributed by atoms with E-state index in [2.05, 4.69) is 91.8 Å². The predicted molar refractivity (Wildman–Crippen MR) is 218 cm³/mol. The number of nitrogens with zero attached hydrogens (tertiary/aromatic N) is 4. The molecule has 0 bridgehead atoms. The fourth-order valence-corrected chi connectivity index (χ4v) is 8.20. The summed E-state index contributed by atoms with van der Waals surface area (Å²) in [5.41, 5.74) is 8.12. The molecule has 3 N–H and O–H groups in total. The number of hydrogen-bond donors (Lipinski definition) is 3. The van der Waals surface area contributed by atoms with Gasteiger partial charge in [0.25, 0.3) is 0 Å². The first-order valence-corrected chi connectivity index (χ1v) is 19.8. The highest BCUT2D eigenvalue weighted by Gasteiger charge is 2.28. The van der Waals surface area contributed by atoms with Crippen LogP contribution in [0.3, 0.4) is 0 Å². The van der Waals surface area contributed by atoms with Gasteiger partial charge in [-0.2, -0.15) is 0 Å². The molecule has 3 fully saturated rings. The molecule has 0 spiro atoms. The van der Waals surface area contributed by atoms with Crippen LogP contribution >= 0.6 is 0 Å². The molecular weight excluding hydrogens is 689 g/mol. The number of piperazine rings is 1. The quantitative estimate of drug-likeness (QED) is 0.119. The number of allylic oxidation sites excluding steroid dienone is 1. The van der Waals surface area contributed by atoms with Crippen LogP contribution in [0.4, 0.5) is 11.5 Å². The summed E-state index contributed by atoms with van der Waals surface area (Å²) in [7, 11) is 0. The minimum atomic E-state index is -0.667. The molecule has 3 aromatic carbocycles. The molecule has 286 valence electrons. The summed E-state index contributed by atoms with van der Waals surface area (Å²) >= 11 is 0. The van der Waals surface area contributed by atoms with Gasteiger partial charge in [0.2, 0.25) is 17.7 Å². The molecule has 0 saturated carbocycles. The third kappa shape index (κ3) is 9.61. The molecule has 10 heteroatoms. The fraction of sp³-hybridized carbons (Fsp3) is 0.378. The zero-order valence-corrected chi connectivity index (χ0v) is 31.8. The second kappa shape index (κ2) is 17.8. The van der Waals surface area contributed by atoms with Crippen LogP contribution in [-0.4, -0.2) is 84.6 Å². The summed E-state index contributed by atoms with van der Waals surface area (Å²) < 4.78 is 0. The third-order valence-corrected chi connectivity index (χ3v) is 11.4. The highest BCUT2D eigenvalue weighted by molar-refractivity contribution is 6.02. The van der Waals surface area contributed by atoms with E-state index in [4.69, 9.17) is 0 Å². The predicted octanol–water partition coefficient (Wildman–Crippen LogP) is 6.05. The number of carbonyl (C=O) groups excluding carboxylic acids is 3. The maximum absolute atomic E-state index is 12.7. The lowest BCUT2D eigenvalue weighted by Gasteiger charge is -2.37. The minimum absolute atomic E-state index is 0.158. The molecule has 0 radical (unpaired) electrons. The van der Waals surface area contributed by atoms with Crippen molar-refractivity contribution in [3.63, 3.8) is 0 Å². The Morgan fingerprint density at radius 2 is 1.51 bits per heavy atom. The van der Waals surface area contributed by atoms with Crippen LogP contribution < -0.4 is 20.4 Å². The summed E-state index contributed by atoms with van der Waals surface area (Å²) in [5.74, 6) is 0.897. The number of piperidine rings is 2. The van der Waals surface area contributed by atoms with Gasteiger partial charge < -0.3 is 20.2 Å². The minimum Gasteiger partial charge on any atom is -0.508 e. The number of anilines is 2. The lowest BCUT2D eigenvalue weighted by molar-refractivity contribution is -0.137. The Morgan fingerprint density at radius 3 is 2.18 bits per heavy atom. The van der Waals surface area contributed by atoms with E-state index in [1.165, 1.54) is 47.2 Å². The SMILES string of the molecule is CC/C(=C(\c1ccc(O)cc1)c1ccc(N2CCC(CCN3CCN(c4cc(CC(=O)NC5CCC(=O)NC5=O)ccn4)CC3)CC2)cc1)c1ccccc1. The van der Waals surface area contributed by atoms with Crippen LogP contribution in [0, 0.1) is 5.92 Å². The molecule has 3 aliphatic heterocycles. The molecule has 1 unspecified atom stereocenters. The van der Waals surface area contributed by atoms with E-state index in [0.717, 1.165) is 75.1 Å². The Kier molecular flexibility index (Phi) is 12.2. The molecule has 10 nitrogen and oxygen atoms in total. The fourth-order valence-electron chi connectivity index (χ4n) is 8.20. The third-order valence-electron chi connectivity index (χ3n) is 11.4. The van der Waals surface area contributed by atoms with Crippen molar-refractivity contribution in [3.8, 4) is 5.75 Å². The number of carbonyl (C=O) groups is 3. The first kappa shape index (κ1) is 37.8. The average molecular weight is 741 g/mol. The topological polar surface area (TPSA) is 118 Å². The number of phenolic OH excluding ortho intramolecular Hbond substituents is 1. The number of imide groups is 1. The van der Waals surface area contributed by atoms with Crippen molar-refractivity contribution in [1.82, 2.24) is 20.5 Å². The smallest absolute Gasteiger partial charge is 0.249 e. The van der Waals surface area contributed by atoms with Crippen LogP contribution in [0.1, 0.15) is 67.7 Å². The molecule has 4 heterocycles. The number of aromatic hydroxyl groups is 1. The number of aromatic nitrogens is 1. The molecule has 3 aliphatic rings. The second-order valence-electron chi connectivity index (χ2n) is 15.0. The number of hydrogen-bond acceptors (Lipinski definition) is 8. The van der Waals surface area contributed by atoms with Crippen molar-refractivity contribution in [1.29, 1.82) is 0 Å². The van der Waals surface area contributed by atoms with Gasteiger partial charge in [-0.05, 0) is 114 Å². The lowest BCUT2D eigenvalue weighted by Crippen LogP contribution is -2.52. The van der Waals surface area contributed by atoms with Gasteiger partial charge in [-0.15, -0.1) is 0 Å². The van der Waals surface area contributed by atoms with E-state index >= 15 is 0 Å². The van der Waals surface area contributed by atoms with Gasteiger partial charge in [-0.1, -0.05) is 61.5 Å². The van der Waals surface area contributed by atoms with Crippen molar-refractivity contribution in [2.75, 3.05) is 55.6 Å². The van der Waals surface area contributed by atoms with Gasteiger partial charge in [0.15, 0.2) is 0 Å². The molecule has 3 amide bonds. The van der Waals surface area contributed by atoms with Crippen molar-refractivity contribution < 1.29 is 19.5 Å². The van der Waals surface area contributed by atoms with E-state index in [-0.39, 0.29) is 30.4 Å². The highest BCUT2D eigenvalue weighted by atomic mass is 16.3. The number of rotatable bonds is 12. The summed E-state index contributed by atoms with van der Waals surface area (Å²) in [6.45, 7) is 9.20. The molecular formula is C45H52N6O4. The molecule has 1 atom stereocenters. The Labute approximate surface area is 324 Å². The number of phenols is 1. The van der Waals surface area contributed by atoms with Crippen LogP contribution in [0.15, 0.2) is 97.2 Å². The maximum Gasteiger partial charge on any atom is 0.249 e. The average Bonchev–Trinajstić information content (AvgIpc) is 3.21. The van der Waals surface area contributed by atoms with Crippen LogP contribution in [0.5, 0.6) is 5.75 Å². The van der Waals surface area contributed by atoms with Gasteiger partial charge in [0.1, 0.15) is 17.6 Å². The van der Waals surface area contributed by atoms with Crippen molar-refractivity contribution in [2.24, 2.45) is 5.92 Å². The molecule has 7 rings (SSSR count). The first-order chi connectivity index (χ1) is 26.8. The maximum atomic E-state index is 12.7. The monoisotopic (exact) mass is 740 g/mol. The molecule has 55 heavy (non-hydrogen) atoms. The Bertz CT molecular complexity index is 1960. The van der Waals surface area contributed by atoms with Crippen molar-refractivity contribution in [2.45, 2.75) is 57.9 Å². The zero-order valence-electron chi connectivity index (χ0n) is 31.8. The number of benzene rings is 3. The molecule has 0 aliphatic carbocycles. The number of amides is 3. The normalized spacial score (nSPS) is 18.8. The summed E-state index contributed by atoms with van der Waals surface area (Å²) in [6, 6.07) is 30.4. The Balaban J connectivity index is 0.876. The van der Waals surface area contributed by atoms with Crippen molar-refractivity contribution in [3.05, 3.63) is 119 Å². The van der Waals surface area contributed by atoms with E-state index in [1.54, 1.807) is 18.3 Å². The highest BCUT2D eigenvalue weighted by Crippen LogP contribution is 2.36. The first-order valence-electron chi connectivity index (χ1n) is 19.8. The number of pyridine rings is 1. The second-order valence-corrected chi connectivity index (χ2v) is 15.0. The van der Waals surface area contributed by atoms with E-state index in [1.807, 2.05) is 24.3 Å². The molecule has 4 aromatic rings. The lowest BCUT2D eigenvalue weighted by atomic mass is 9.88. The van der Waals surface area contributed by atoms with Gasteiger partial charge in [0.05, 0.1) is 6.42 Å². The van der Waals surface area contributed by atoms with Gasteiger partial charge in [0, 0.05) is 57.6 Å². The van der Waals surface area contributed by atoms with Crippen LogP contribution in [0.25, 0.3) is 11.1 Å². The summed E-state index contributed by atoms with van der Waals surface area (Å²) in [5, 5.41) is 15.0. The Morgan fingerprint density at radius 1 is 0.818 bits per heavy atom. The van der Waals surface area contributed by atoms with E-state index in [9.17, 15) is 19.5 Å². The van der Waals surface area contributed by atoms with Gasteiger partial charge in [-0.3, -0.25) is 24.6 Å². The number of nitrogens with one attached hydrogen (secondary N) is 2. The zero-order chi connectivity index (χ0) is 38.1. The van der Waals surface area contributed by atoms with E-state index < -0.39 is 11.9 Å². The van der Waals surface area contributed by atoms with Crippen molar-refractivity contribution >= 4 is 40.4 Å². The van der Waals surface area contributed by atoms with Gasteiger partial charge >= 0.3 is 0 Å². The summed E-state index contributed by atoms with van der Waals surface area (Å²) in [6.07, 6.45) is 6.97. The van der Waals surface area contributed by atoms with E-state index in [0.29, 0.717) is 6.42 Å². The molecule has 1 aromatic heterocycles.